The Morgan fingerprint density at radius 3 is 2.34 bits per heavy atom. The highest BCUT2D eigenvalue weighted by Gasteiger charge is 2.16. The zero-order chi connectivity index (χ0) is 27.7. The third-order valence-electron chi connectivity index (χ3n) is 5.50. The van der Waals surface area contributed by atoms with Crippen LogP contribution in [0, 0.1) is 0 Å². The normalized spacial score (nSPS) is 11.1. The largest absolute Gasteiger partial charge is 0.373 e. The molecule has 11 heteroatoms. The smallest absolute Gasteiger partial charge is 0.280 e. The number of pyridine rings is 3. The monoisotopic (exact) mass is 542 g/mol. The van der Waals surface area contributed by atoms with E-state index in [2.05, 4.69) is 15.3 Å². The number of carbonyl (C=O) groups excluding carboxylic acids is 1. The number of rotatable bonds is 8. The maximum atomic E-state index is 13.1. The van der Waals surface area contributed by atoms with Crippen molar-refractivity contribution in [2.45, 2.75) is 13.0 Å². The zero-order valence-electron chi connectivity index (χ0n) is 20.9. The number of halogens is 4. The summed E-state index contributed by atoms with van der Waals surface area (Å²) in [4.78, 5) is 20.1. The molecule has 38 heavy (non-hydrogen) atoms. The molecular weight excluding hydrogens is 517 g/mol. The Bertz CT molecular complexity index is 1430. The molecule has 0 unspecified atom stereocenters. The molecule has 1 aromatic carbocycles. The molecule has 0 bridgehead atoms. The van der Waals surface area contributed by atoms with Gasteiger partial charge in [0.1, 0.15) is 11.5 Å². The molecule has 0 spiro atoms. The molecule has 0 radical (unpaired) electrons. The molecule has 7 nitrogen and oxygen atoms in total. The van der Waals surface area contributed by atoms with Gasteiger partial charge in [-0.2, -0.15) is 5.10 Å². The fourth-order valence-electron chi connectivity index (χ4n) is 3.83. The minimum Gasteiger partial charge on any atom is -0.373 e. The van der Waals surface area contributed by atoms with E-state index in [-0.39, 0.29) is 12.2 Å². The van der Waals surface area contributed by atoms with Crippen LogP contribution in [0.3, 0.4) is 0 Å². The number of hydrogen-bond acceptors (Lipinski definition) is 6. The summed E-state index contributed by atoms with van der Waals surface area (Å²) >= 11 is 6.10. The average Bonchev–Trinajstić information content (AvgIpc) is 2.95. The highest BCUT2D eigenvalue weighted by molar-refractivity contribution is 6.30. The van der Waals surface area contributed by atoms with Gasteiger partial charge in [-0.25, -0.2) is 13.8 Å². The van der Waals surface area contributed by atoms with Crippen LogP contribution in [0.1, 0.15) is 17.7 Å². The van der Waals surface area contributed by atoms with Crippen molar-refractivity contribution in [1.82, 2.24) is 19.5 Å². The highest BCUT2D eigenvalue weighted by Crippen LogP contribution is 2.30. The molecule has 1 N–H and O–H groups in total. The summed E-state index contributed by atoms with van der Waals surface area (Å²) < 4.78 is 37.1. The Hall–Kier alpha value is -4.18. The molecule has 4 aromatic rings. The van der Waals surface area contributed by atoms with Crippen molar-refractivity contribution in [1.29, 1.82) is 0 Å². The van der Waals surface area contributed by atoms with Crippen molar-refractivity contribution in [3.63, 3.8) is 0 Å². The fourth-order valence-corrected chi connectivity index (χ4v) is 3.96. The molecule has 0 aliphatic heterocycles. The third kappa shape index (κ3) is 6.57. The van der Waals surface area contributed by atoms with Crippen LogP contribution >= 0.6 is 11.6 Å². The molecule has 0 fully saturated rings. The van der Waals surface area contributed by atoms with Crippen molar-refractivity contribution in [3.8, 4) is 22.3 Å². The van der Waals surface area contributed by atoms with Gasteiger partial charge >= 0.3 is 0 Å². The minimum absolute atomic E-state index is 0.256. The van der Waals surface area contributed by atoms with Gasteiger partial charge in [0.25, 0.3) is 6.43 Å². The first-order valence-corrected chi connectivity index (χ1v) is 11.7. The van der Waals surface area contributed by atoms with Crippen LogP contribution in [0.5, 0.6) is 0 Å². The molecule has 4 rings (SSSR count). The van der Waals surface area contributed by atoms with E-state index < -0.39 is 6.43 Å². The van der Waals surface area contributed by atoms with Gasteiger partial charge < -0.3 is 5.32 Å². The lowest BCUT2D eigenvalue weighted by Gasteiger charge is -2.18. The predicted molar refractivity (Wildman–Crippen MR) is 143 cm³/mol. The highest BCUT2D eigenvalue weighted by atomic mass is 35.5. The average molecular weight is 543 g/mol. The van der Waals surface area contributed by atoms with E-state index in [0.717, 1.165) is 22.3 Å². The molecule has 3 heterocycles. The standard InChI is InChI=1S/C26H23ClF2N6O.CH3F/c1-30-25-19(5-8-22(32-25)24(28)29)15-34(2)33-26-23(18-9-12-31-13-10-18)21(11-14-35(26)16-36)17-3-6-20(27)7-4-17;1-2/h3-14,16,24H,15H2,1-2H3,(H,30,32);1H3/b33-26-;. The summed E-state index contributed by atoms with van der Waals surface area (Å²) in [5, 5.41) is 9.86. The van der Waals surface area contributed by atoms with E-state index in [0.29, 0.717) is 35.5 Å². The summed E-state index contributed by atoms with van der Waals surface area (Å²) in [6, 6.07) is 15.8. The molecule has 0 saturated carbocycles. The maximum absolute atomic E-state index is 13.1. The Morgan fingerprint density at radius 1 is 1.05 bits per heavy atom. The fraction of sp³-hybridized carbons (Fsp3) is 0.185. The van der Waals surface area contributed by atoms with Crippen LogP contribution in [0.25, 0.3) is 22.3 Å². The molecule has 3 aromatic heterocycles. The van der Waals surface area contributed by atoms with E-state index in [1.165, 1.54) is 10.6 Å². The number of benzene rings is 1. The van der Waals surface area contributed by atoms with Gasteiger partial charge in [-0.3, -0.25) is 23.7 Å². The van der Waals surface area contributed by atoms with Crippen LogP contribution in [0.2, 0.25) is 5.02 Å². The quantitative estimate of drug-likeness (QED) is 0.224. The van der Waals surface area contributed by atoms with Crippen molar-refractivity contribution >= 4 is 23.8 Å². The lowest BCUT2D eigenvalue weighted by atomic mass is 9.96. The van der Waals surface area contributed by atoms with Crippen LogP contribution in [0.15, 0.2) is 78.3 Å². The Morgan fingerprint density at radius 2 is 1.74 bits per heavy atom. The van der Waals surface area contributed by atoms with E-state index in [1.807, 2.05) is 30.3 Å². The van der Waals surface area contributed by atoms with Crippen LogP contribution in [0.4, 0.5) is 19.0 Å². The second-order valence-corrected chi connectivity index (χ2v) is 8.33. The van der Waals surface area contributed by atoms with Crippen LogP contribution in [-0.4, -0.2) is 47.2 Å². The zero-order valence-corrected chi connectivity index (χ0v) is 21.7. The number of alkyl halides is 3. The molecule has 0 atom stereocenters. The van der Waals surface area contributed by atoms with Gasteiger partial charge in [0.15, 0.2) is 5.49 Å². The number of nitrogens with one attached hydrogen (secondary N) is 1. The summed E-state index contributed by atoms with van der Waals surface area (Å²) in [5.74, 6) is 0.336. The SMILES string of the molecule is CF.CNc1nc(C(F)F)ccc1CN(C)/N=c1/c(-c2ccncc2)c(-c2ccc(Cl)cc2)ccn1C=O. The summed E-state index contributed by atoms with van der Waals surface area (Å²) in [6.45, 7) is 0.256. The second kappa shape index (κ2) is 13.4. The van der Waals surface area contributed by atoms with Gasteiger partial charge in [-0.1, -0.05) is 29.8 Å². The number of nitrogens with zero attached hydrogens (tertiary/aromatic N) is 5. The van der Waals surface area contributed by atoms with E-state index in [1.54, 1.807) is 55.9 Å². The number of hydrogen-bond donors (Lipinski definition) is 1. The van der Waals surface area contributed by atoms with Gasteiger partial charge in [-0.05, 0) is 53.1 Å². The lowest BCUT2D eigenvalue weighted by molar-refractivity contribution is 0.146. The maximum Gasteiger partial charge on any atom is 0.280 e. The van der Waals surface area contributed by atoms with Gasteiger partial charge in [0.2, 0.25) is 6.41 Å². The predicted octanol–water partition coefficient (Wildman–Crippen LogP) is 5.82. The molecule has 0 amide bonds. The molecule has 0 saturated heterocycles. The van der Waals surface area contributed by atoms with Crippen LogP contribution < -0.4 is 10.8 Å². The molecule has 0 aliphatic carbocycles. The number of carbonyl (C=O) groups is 1. The second-order valence-electron chi connectivity index (χ2n) is 7.89. The molecule has 0 aliphatic rings. The number of aromatic nitrogens is 3. The van der Waals surface area contributed by atoms with Gasteiger partial charge in [0.05, 0.1) is 13.7 Å². The van der Waals surface area contributed by atoms with E-state index >= 15 is 0 Å². The molecule has 198 valence electrons. The topological polar surface area (TPSA) is 75.4 Å². The summed E-state index contributed by atoms with van der Waals surface area (Å²) in [5.41, 5.74) is 4.05. The Balaban J connectivity index is 0.00000195. The molecular formula is C27H26ClF3N6O. The third-order valence-corrected chi connectivity index (χ3v) is 5.75. The summed E-state index contributed by atoms with van der Waals surface area (Å²) in [7, 11) is 3.86. The minimum atomic E-state index is -2.67. The Labute approximate surface area is 223 Å². The summed E-state index contributed by atoms with van der Waals surface area (Å²) in [6.07, 6.45) is 3.00. The van der Waals surface area contributed by atoms with Crippen LogP contribution in [-0.2, 0) is 11.3 Å². The first kappa shape index (κ1) is 28.4. The van der Waals surface area contributed by atoms with Crippen molar-refractivity contribution in [2.24, 2.45) is 5.10 Å². The van der Waals surface area contributed by atoms with E-state index in [4.69, 9.17) is 16.7 Å². The first-order valence-electron chi connectivity index (χ1n) is 11.4. The lowest BCUT2D eigenvalue weighted by Crippen LogP contribution is -2.28. The van der Waals surface area contributed by atoms with Crippen molar-refractivity contribution in [3.05, 3.63) is 95.0 Å². The first-order chi connectivity index (χ1) is 18.4. The van der Waals surface area contributed by atoms with Crippen molar-refractivity contribution < 1.29 is 18.0 Å². The van der Waals surface area contributed by atoms with Gasteiger partial charge in [-0.15, -0.1) is 0 Å². The van der Waals surface area contributed by atoms with E-state index in [9.17, 15) is 18.0 Å². The number of anilines is 1. The Kier molecular flexibility index (Phi) is 10.0. The van der Waals surface area contributed by atoms with Crippen molar-refractivity contribution in [2.75, 3.05) is 26.6 Å². The van der Waals surface area contributed by atoms with Gasteiger partial charge in [0, 0.05) is 48.8 Å².